The summed E-state index contributed by atoms with van der Waals surface area (Å²) in [5.41, 5.74) is 0.633. The Morgan fingerprint density at radius 3 is 2.50 bits per heavy atom. The van der Waals surface area contributed by atoms with Gasteiger partial charge in [-0.15, -0.1) is 5.10 Å². The Balaban J connectivity index is 1.67. The number of carbonyl (C=O) groups excluding carboxylic acids is 1. The maximum atomic E-state index is 11.8. The van der Waals surface area contributed by atoms with E-state index >= 15 is 0 Å². The fourth-order valence-corrected chi connectivity index (χ4v) is 2.64. The number of nitrogens with one attached hydrogen (secondary N) is 2. The van der Waals surface area contributed by atoms with Gasteiger partial charge in [0.1, 0.15) is 5.60 Å². The molecule has 1 heterocycles. The van der Waals surface area contributed by atoms with Crippen LogP contribution in [0.4, 0.5) is 4.79 Å². The van der Waals surface area contributed by atoms with Crippen molar-refractivity contribution in [3.8, 4) is 0 Å². The van der Waals surface area contributed by atoms with Crippen molar-refractivity contribution in [1.82, 2.24) is 25.6 Å². The highest BCUT2D eigenvalue weighted by Crippen LogP contribution is 2.19. The summed E-state index contributed by atoms with van der Waals surface area (Å²) >= 11 is 0. The Hall–Kier alpha value is -1.63. The quantitative estimate of drug-likeness (QED) is 0.885. The summed E-state index contributed by atoms with van der Waals surface area (Å²) in [6.45, 7) is 6.40. The Labute approximate surface area is 131 Å². The lowest BCUT2D eigenvalue weighted by molar-refractivity contribution is 0.0489. The van der Waals surface area contributed by atoms with Crippen molar-refractivity contribution in [2.75, 3.05) is 0 Å². The van der Waals surface area contributed by atoms with E-state index < -0.39 is 5.60 Å². The molecule has 2 N–H and O–H groups in total. The number of ether oxygens (including phenoxy) is 1. The van der Waals surface area contributed by atoms with Crippen molar-refractivity contribution >= 4 is 6.09 Å². The molecule has 1 amide bonds. The number of alkyl carbamates (subject to hydrolysis) is 1. The van der Waals surface area contributed by atoms with Gasteiger partial charge < -0.3 is 15.4 Å². The van der Waals surface area contributed by atoms with Gasteiger partial charge in [0.05, 0.1) is 11.9 Å². The van der Waals surface area contributed by atoms with Gasteiger partial charge in [-0.25, -0.2) is 4.79 Å². The van der Waals surface area contributed by atoms with Crippen LogP contribution in [0.3, 0.4) is 0 Å². The van der Waals surface area contributed by atoms with Gasteiger partial charge in [-0.2, -0.15) is 0 Å². The van der Waals surface area contributed by atoms with E-state index in [2.05, 4.69) is 20.9 Å². The first kappa shape index (κ1) is 16.7. The van der Waals surface area contributed by atoms with Crippen molar-refractivity contribution in [2.24, 2.45) is 7.05 Å². The lowest BCUT2D eigenvalue weighted by Gasteiger charge is -2.30. The number of hydrogen-bond donors (Lipinski definition) is 2. The van der Waals surface area contributed by atoms with Crippen LogP contribution in [0.5, 0.6) is 0 Å². The van der Waals surface area contributed by atoms with E-state index in [1.807, 2.05) is 27.8 Å². The van der Waals surface area contributed by atoms with E-state index in [-0.39, 0.29) is 12.1 Å². The lowest BCUT2D eigenvalue weighted by Crippen LogP contribution is -2.43. The van der Waals surface area contributed by atoms with Crippen molar-refractivity contribution < 1.29 is 9.53 Å². The summed E-state index contributed by atoms with van der Waals surface area (Å²) in [6.07, 6.45) is 5.51. The van der Waals surface area contributed by atoms with Crippen LogP contribution >= 0.6 is 0 Å². The second-order valence-corrected chi connectivity index (χ2v) is 6.92. The Morgan fingerprint density at radius 2 is 1.95 bits per heavy atom. The molecule has 0 radical (unpaired) electrons. The normalized spacial score (nSPS) is 22.4. The van der Waals surface area contributed by atoms with Gasteiger partial charge in [0.25, 0.3) is 0 Å². The molecule has 0 saturated heterocycles. The zero-order chi connectivity index (χ0) is 16.2. The molecule has 0 spiro atoms. The second kappa shape index (κ2) is 7.09. The van der Waals surface area contributed by atoms with Crippen LogP contribution in [0.1, 0.15) is 52.1 Å². The van der Waals surface area contributed by atoms with Gasteiger partial charge in [-0.05, 0) is 46.5 Å². The highest BCUT2D eigenvalue weighted by atomic mass is 16.6. The minimum Gasteiger partial charge on any atom is -0.444 e. The molecule has 0 aliphatic heterocycles. The molecule has 2 rings (SSSR count). The topological polar surface area (TPSA) is 81.1 Å². The minimum absolute atomic E-state index is 0.214. The molecule has 7 nitrogen and oxygen atoms in total. The van der Waals surface area contributed by atoms with Gasteiger partial charge in [0.2, 0.25) is 0 Å². The fourth-order valence-electron chi connectivity index (χ4n) is 2.64. The first-order chi connectivity index (χ1) is 10.3. The molecule has 0 atom stereocenters. The highest BCUT2D eigenvalue weighted by molar-refractivity contribution is 5.68. The van der Waals surface area contributed by atoms with Crippen LogP contribution in [0.15, 0.2) is 6.20 Å². The minimum atomic E-state index is -0.444. The molecule has 1 aliphatic rings. The summed E-state index contributed by atoms with van der Waals surface area (Å²) in [5.74, 6) is 0. The van der Waals surface area contributed by atoms with Gasteiger partial charge in [-0.1, -0.05) is 5.21 Å². The number of aromatic nitrogens is 3. The van der Waals surface area contributed by atoms with E-state index in [0.29, 0.717) is 6.04 Å². The number of aryl methyl sites for hydroxylation is 1. The third-order valence-corrected chi connectivity index (χ3v) is 3.83. The molecule has 1 fully saturated rings. The van der Waals surface area contributed by atoms with Crippen LogP contribution in [0, 0.1) is 0 Å². The number of carbonyl (C=O) groups is 1. The molecule has 124 valence electrons. The zero-order valence-corrected chi connectivity index (χ0v) is 13.9. The fraction of sp³-hybridized carbons (Fsp3) is 0.800. The Morgan fingerprint density at radius 1 is 1.32 bits per heavy atom. The molecule has 0 unspecified atom stereocenters. The van der Waals surface area contributed by atoms with Crippen molar-refractivity contribution in [2.45, 2.75) is 70.7 Å². The third kappa shape index (κ3) is 5.29. The Bertz CT molecular complexity index is 486. The van der Waals surface area contributed by atoms with E-state index in [4.69, 9.17) is 4.74 Å². The number of hydrogen-bond acceptors (Lipinski definition) is 5. The van der Waals surface area contributed by atoms with Crippen LogP contribution in [-0.4, -0.2) is 38.8 Å². The maximum Gasteiger partial charge on any atom is 0.407 e. The van der Waals surface area contributed by atoms with Crippen LogP contribution < -0.4 is 10.6 Å². The standard InChI is InChI=1S/C15H27N5O2/c1-15(2,3)22-14(21)18-12-7-5-11(6-8-12)16-9-13-10-17-19-20(13)4/h10-12,16H,5-9H2,1-4H3,(H,18,21). The predicted molar refractivity (Wildman–Crippen MR) is 83.3 cm³/mol. The van der Waals surface area contributed by atoms with Crippen molar-refractivity contribution in [1.29, 1.82) is 0 Å². The van der Waals surface area contributed by atoms with Crippen LogP contribution in [0.2, 0.25) is 0 Å². The molecule has 22 heavy (non-hydrogen) atoms. The molecule has 1 saturated carbocycles. The molecular formula is C15H27N5O2. The molecule has 1 aromatic heterocycles. The largest absolute Gasteiger partial charge is 0.444 e. The van der Waals surface area contributed by atoms with Gasteiger partial charge in [-0.3, -0.25) is 4.68 Å². The van der Waals surface area contributed by atoms with E-state index in [0.717, 1.165) is 37.9 Å². The van der Waals surface area contributed by atoms with Crippen molar-refractivity contribution in [3.05, 3.63) is 11.9 Å². The first-order valence-electron chi connectivity index (χ1n) is 7.90. The molecule has 0 bridgehead atoms. The summed E-state index contributed by atoms with van der Waals surface area (Å²) < 4.78 is 7.08. The number of amides is 1. The van der Waals surface area contributed by atoms with E-state index in [9.17, 15) is 4.79 Å². The van der Waals surface area contributed by atoms with Gasteiger partial charge in [0.15, 0.2) is 0 Å². The predicted octanol–water partition coefficient (Wildman–Crippen LogP) is 1.74. The molecule has 0 aromatic carbocycles. The average Bonchev–Trinajstić information content (AvgIpc) is 2.81. The van der Waals surface area contributed by atoms with Crippen LogP contribution in [0.25, 0.3) is 0 Å². The second-order valence-electron chi connectivity index (χ2n) is 6.92. The Kier molecular flexibility index (Phi) is 5.39. The zero-order valence-electron chi connectivity index (χ0n) is 13.9. The summed E-state index contributed by atoms with van der Waals surface area (Å²) in [7, 11) is 1.89. The van der Waals surface area contributed by atoms with E-state index in [1.165, 1.54) is 0 Å². The number of nitrogens with zero attached hydrogens (tertiary/aromatic N) is 3. The first-order valence-corrected chi connectivity index (χ1v) is 7.90. The number of rotatable bonds is 4. The average molecular weight is 309 g/mol. The smallest absolute Gasteiger partial charge is 0.407 e. The molecule has 7 heteroatoms. The van der Waals surface area contributed by atoms with Crippen molar-refractivity contribution in [3.63, 3.8) is 0 Å². The lowest BCUT2D eigenvalue weighted by atomic mass is 9.91. The molecule has 1 aromatic rings. The van der Waals surface area contributed by atoms with Crippen LogP contribution in [-0.2, 0) is 18.3 Å². The monoisotopic (exact) mass is 309 g/mol. The SMILES string of the molecule is Cn1nncc1CNC1CCC(NC(=O)OC(C)(C)C)CC1. The third-order valence-electron chi connectivity index (χ3n) is 3.83. The summed E-state index contributed by atoms with van der Waals surface area (Å²) in [6, 6.07) is 0.692. The molecular weight excluding hydrogens is 282 g/mol. The van der Waals surface area contributed by atoms with Gasteiger partial charge in [0, 0.05) is 25.7 Å². The maximum absolute atomic E-state index is 11.8. The highest BCUT2D eigenvalue weighted by Gasteiger charge is 2.24. The van der Waals surface area contributed by atoms with Gasteiger partial charge >= 0.3 is 6.09 Å². The summed E-state index contributed by atoms with van der Waals surface area (Å²) in [4.78, 5) is 11.8. The van der Waals surface area contributed by atoms with E-state index in [1.54, 1.807) is 10.9 Å². The molecule has 1 aliphatic carbocycles. The summed E-state index contributed by atoms with van der Waals surface area (Å²) in [5, 5.41) is 14.3.